The van der Waals surface area contributed by atoms with E-state index in [1.165, 1.54) is 12.1 Å². The molecular weight excluding hydrogens is 420 g/mol. The first kappa shape index (κ1) is 21.7. The van der Waals surface area contributed by atoms with Crippen LogP contribution in [0.15, 0.2) is 36.4 Å². The molecule has 29 heavy (non-hydrogen) atoms. The van der Waals surface area contributed by atoms with E-state index in [2.05, 4.69) is 4.72 Å². The summed E-state index contributed by atoms with van der Waals surface area (Å²) >= 11 is 0. The molecule has 0 aliphatic carbocycles. The van der Waals surface area contributed by atoms with Crippen molar-refractivity contribution in [3.63, 3.8) is 0 Å². The van der Waals surface area contributed by atoms with Crippen LogP contribution in [0.5, 0.6) is 11.5 Å². The van der Waals surface area contributed by atoms with E-state index in [1.807, 2.05) is 13.0 Å². The van der Waals surface area contributed by atoms with Crippen molar-refractivity contribution in [2.75, 3.05) is 17.1 Å². The predicted octanol–water partition coefficient (Wildman–Crippen LogP) is 2.19. The van der Waals surface area contributed by atoms with Gasteiger partial charge in [0.05, 0.1) is 12.8 Å². The molecule has 1 atom stereocenters. The number of aliphatic hydroxyl groups excluding tert-OH is 1. The number of nitrogens with zero attached hydrogens (tertiary/aromatic N) is 1. The SMILES string of the molecule is CCc1ccc(OS(C)(=O)=O)c(Cc2ccc(N3CC(O)NS3(O)O)c(O)c2)c1. The second-order valence-electron chi connectivity index (χ2n) is 6.80. The fourth-order valence-electron chi connectivity index (χ4n) is 3.12. The minimum atomic E-state index is -3.70. The van der Waals surface area contributed by atoms with Crippen molar-refractivity contribution in [3.8, 4) is 11.5 Å². The highest BCUT2D eigenvalue weighted by molar-refractivity contribution is 8.24. The van der Waals surface area contributed by atoms with E-state index < -0.39 is 27.3 Å². The summed E-state index contributed by atoms with van der Waals surface area (Å²) in [5.41, 5.74) is 2.48. The number of aromatic hydroxyl groups is 1. The van der Waals surface area contributed by atoms with E-state index in [1.54, 1.807) is 18.2 Å². The second-order valence-corrected chi connectivity index (χ2v) is 10.1. The van der Waals surface area contributed by atoms with Crippen molar-refractivity contribution in [2.45, 2.75) is 26.0 Å². The molecule has 0 bridgehead atoms. The van der Waals surface area contributed by atoms with Crippen LogP contribution in [0, 0.1) is 0 Å². The molecule has 1 aliphatic rings. The summed E-state index contributed by atoms with van der Waals surface area (Å²) in [6.45, 7) is 1.88. The Kier molecular flexibility index (Phi) is 5.99. The van der Waals surface area contributed by atoms with Gasteiger partial charge in [-0.05, 0) is 35.7 Å². The van der Waals surface area contributed by atoms with Crippen molar-refractivity contribution in [2.24, 2.45) is 0 Å². The number of phenols is 1. The number of hydrogen-bond donors (Lipinski definition) is 5. The van der Waals surface area contributed by atoms with Gasteiger partial charge >= 0.3 is 10.1 Å². The molecule has 160 valence electrons. The summed E-state index contributed by atoms with van der Waals surface area (Å²) in [7, 11) is -7.13. The van der Waals surface area contributed by atoms with Crippen LogP contribution < -0.4 is 13.2 Å². The summed E-state index contributed by atoms with van der Waals surface area (Å²) in [5, 5.41) is 20.0. The van der Waals surface area contributed by atoms with Gasteiger partial charge in [0, 0.05) is 12.0 Å². The molecule has 1 saturated heterocycles. The number of rotatable bonds is 6. The highest BCUT2D eigenvalue weighted by Gasteiger charge is 2.36. The fraction of sp³-hybridized carbons (Fsp3) is 0.333. The number of phenolic OH excluding ortho intramolecular Hbond substituents is 1. The molecule has 1 aliphatic heterocycles. The Hall–Kier alpha value is -2.02. The van der Waals surface area contributed by atoms with Crippen LogP contribution in [-0.2, 0) is 23.0 Å². The minimum absolute atomic E-state index is 0.0971. The maximum atomic E-state index is 11.6. The normalized spacial score (nSPS) is 19.9. The summed E-state index contributed by atoms with van der Waals surface area (Å²) in [4.78, 5) is 0. The van der Waals surface area contributed by atoms with Crippen LogP contribution in [0.2, 0.25) is 0 Å². The van der Waals surface area contributed by atoms with Gasteiger partial charge in [0.25, 0.3) is 0 Å². The Morgan fingerprint density at radius 3 is 2.45 bits per heavy atom. The average Bonchev–Trinajstić information content (AvgIpc) is 2.87. The van der Waals surface area contributed by atoms with Crippen molar-refractivity contribution < 1.29 is 31.9 Å². The number of aliphatic hydroxyl groups is 1. The molecule has 1 fully saturated rings. The van der Waals surface area contributed by atoms with E-state index >= 15 is 0 Å². The van der Waals surface area contributed by atoms with Gasteiger partial charge in [-0.2, -0.15) is 13.1 Å². The van der Waals surface area contributed by atoms with Crippen molar-refractivity contribution in [1.29, 1.82) is 0 Å². The third-order valence-corrected chi connectivity index (χ3v) is 6.45. The van der Waals surface area contributed by atoms with Crippen LogP contribution in [0.25, 0.3) is 0 Å². The number of aryl methyl sites for hydroxylation is 1. The van der Waals surface area contributed by atoms with Crippen LogP contribution >= 0.6 is 11.0 Å². The molecule has 2 aromatic carbocycles. The van der Waals surface area contributed by atoms with E-state index in [-0.39, 0.29) is 23.7 Å². The Balaban J connectivity index is 1.91. The van der Waals surface area contributed by atoms with Gasteiger partial charge < -0.3 is 14.4 Å². The molecule has 3 rings (SSSR count). The third-order valence-electron chi connectivity index (χ3n) is 4.42. The van der Waals surface area contributed by atoms with Gasteiger partial charge in [-0.1, -0.05) is 36.1 Å². The van der Waals surface area contributed by atoms with Crippen LogP contribution in [0.4, 0.5) is 5.69 Å². The molecule has 2 aromatic rings. The maximum absolute atomic E-state index is 11.6. The molecule has 5 N–H and O–H groups in total. The zero-order chi connectivity index (χ0) is 21.4. The van der Waals surface area contributed by atoms with Gasteiger partial charge in [-0.25, -0.2) is 0 Å². The zero-order valence-electron chi connectivity index (χ0n) is 15.9. The first-order valence-corrected chi connectivity index (χ1v) is 12.1. The molecule has 0 aromatic heterocycles. The van der Waals surface area contributed by atoms with Gasteiger partial charge in [-0.3, -0.25) is 13.4 Å². The number of nitrogens with one attached hydrogen (secondary N) is 1. The largest absolute Gasteiger partial charge is 0.506 e. The van der Waals surface area contributed by atoms with E-state index in [9.17, 15) is 27.7 Å². The Bertz CT molecular complexity index is 1010. The van der Waals surface area contributed by atoms with Crippen molar-refractivity contribution >= 4 is 26.8 Å². The molecular formula is C18H24N2O7S2. The molecule has 1 heterocycles. The summed E-state index contributed by atoms with van der Waals surface area (Å²) < 4.78 is 51.6. The summed E-state index contributed by atoms with van der Waals surface area (Å²) in [6.07, 6.45) is 0.899. The topological polar surface area (TPSA) is 140 Å². The lowest BCUT2D eigenvalue weighted by Gasteiger charge is -2.36. The summed E-state index contributed by atoms with van der Waals surface area (Å²) in [5.74, 6) is 0.0184. The first-order chi connectivity index (χ1) is 13.5. The molecule has 11 heteroatoms. The third kappa shape index (κ3) is 5.13. The molecule has 1 unspecified atom stereocenters. The average molecular weight is 445 g/mol. The Labute approximate surface area is 171 Å². The highest BCUT2D eigenvalue weighted by Crippen LogP contribution is 2.49. The van der Waals surface area contributed by atoms with Gasteiger partial charge in [-0.15, -0.1) is 0 Å². The van der Waals surface area contributed by atoms with Gasteiger partial charge in [0.2, 0.25) is 0 Å². The molecule has 0 radical (unpaired) electrons. The predicted molar refractivity (Wildman–Crippen MR) is 112 cm³/mol. The maximum Gasteiger partial charge on any atom is 0.306 e. The Morgan fingerprint density at radius 2 is 1.90 bits per heavy atom. The second kappa shape index (κ2) is 8.01. The monoisotopic (exact) mass is 444 g/mol. The first-order valence-electron chi connectivity index (χ1n) is 8.83. The molecule has 0 spiro atoms. The number of anilines is 1. The Morgan fingerprint density at radius 1 is 1.21 bits per heavy atom. The van der Waals surface area contributed by atoms with Crippen molar-refractivity contribution in [3.05, 3.63) is 53.1 Å². The number of benzene rings is 2. The van der Waals surface area contributed by atoms with Gasteiger partial charge in [0.15, 0.2) is 0 Å². The lowest BCUT2D eigenvalue weighted by molar-refractivity contribution is 0.182. The van der Waals surface area contributed by atoms with Crippen LogP contribution in [0.3, 0.4) is 0 Å². The van der Waals surface area contributed by atoms with E-state index in [4.69, 9.17) is 4.18 Å². The molecule has 9 nitrogen and oxygen atoms in total. The molecule has 0 saturated carbocycles. The smallest absolute Gasteiger partial charge is 0.306 e. The highest BCUT2D eigenvalue weighted by atomic mass is 32.3. The lowest BCUT2D eigenvalue weighted by Crippen LogP contribution is -2.25. The van der Waals surface area contributed by atoms with Crippen LogP contribution in [-0.4, -0.2) is 46.8 Å². The van der Waals surface area contributed by atoms with Crippen molar-refractivity contribution in [1.82, 2.24) is 4.72 Å². The number of hydrogen-bond acceptors (Lipinski definition) is 9. The van der Waals surface area contributed by atoms with Crippen LogP contribution in [0.1, 0.15) is 23.6 Å². The van der Waals surface area contributed by atoms with E-state index in [0.717, 1.165) is 22.5 Å². The van der Waals surface area contributed by atoms with E-state index in [0.29, 0.717) is 17.5 Å². The van der Waals surface area contributed by atoms with Gasteiger partial charge in [0.1, 0.15) is 23.4 Å². The fourth-order valence-corrected chi connectivity index (χ4v) is 4.96. The lowest BCUT2D eigenvalue weighted by atomic mass is 10.0. The molecule has 0 amide bonds. The zero-order valence-corrected chi connectivity index (χ0v) is 17.6. The standard InChI is InChI=1S/C18H24N2O7S2/c1-3-12-5-7-17(27-28(2,23)24)14(8-12)9-13-4-6-15(16(21)10-13)20-11-18(22)19-29(20,25)26/h4-8,10,18-19,21-22,25-26H,3,9,11H2,1-2H3. The summed E-state index contributed by atoms with van der Waals surface area (Å²) in [6, 6.07) is 9.90. The quantitative estimate of drug-likeness (QED) is 0.424. The minimum Gasteiger partial charge on any atom is -0.506 e. The number of β-amino-alcohol motifs (C(OH)–C–C–N with tert-alkyl or cyclic N) is 1.